The topological polar surface area (TPSA) is 57.5 Å². The molecule has 0 aromatic heterocycles. The quantitative estimate of drug-likeness (QED) is 0.700. The maximum Gasteiger partial charge on any atom is 0.314 e. The summed E-state index contributed by atoms with van der Waals surface area (Å²) >= 11 is 3.31. The molecule has 0 atom stereocenters. The van der Waals surface area contributed by atoms with E-state index >= 15 is 0 Å². The van der Waals surface area contributed by atoms with Crippen molar-refractivity contribution in [2.75, 3.05) is 0 Å². The van der Waals surface area contributed by atoms with E-state index in [4.69, 9.17) is 14.4 Å². The molecule has 0 amide bonds. The number of hydrogen-bond donors (Lipinski definition) is 2. The molecule has 1 rings (SSSR count). The number of rotatable bonds is 0. The van der Waals surface area contributed by atoms with Gasteiger partial charge in [0, 0.05) is 4.47 Å². The monoisotopic (exact) mass is 254 g/mol. The molecule has 70 valence electrons. The van der Waals surface area contributed by atoms with E-state index in [1.165, 1.54) is 0 Å². The van der Waals surface area contributed by atoms with Crippen LogP contribution in [0.3, 0.4) is 0 Å². The standard InChI is InChI=1S/C6H5Br.CH4.H3O3P/c7-6-4-2-1-3-5-6;;1-4(2)3/h1-5H;1H4;4H,(H2,1,2,3). The van der Waals surface area contributed by atoms with Crippen molar-refractivity contribution in [2.24, 2.45) is 0 Å². The Bertz CT molecular complexity index is 211. The van der Waals surface area contributed by atoms with Gasteiger partial charge in [0.15, 0.2) is 0 Å². The Morgan fingerprint density at radius 2 is 1.50 bits per heavy atom. The molecule has 0 saturated heterocycles. The van der Waals surface area contributed by atoms with Crippen LogP contribution < -0.4 is 0 Å². The van der Waals surface area contributed by atoms with Crippen molar-refractivity contribution in [3.8, 4) is 0 Å². The van der Waals surface area contributed by atoms with Crippen LogP contribution in [0, 0.1) is 0 Å². The Morgan fingerprint density at radius 3 is 1.67 bits per heavy atom. The van der Waals surface area contributed by atoms with Gasteiger partial charge in [-0.2, -0.15) is 0 Å². The van der Waals surface area contributed by atoms with Gasteiger partial charge in [-0.05, 0) is 12.1 Å². The maximum atomic E-state index is 8.74. The van der Waals surface area contributed by atoms with Gasteiger partial charge in [-0.1, -0.05) is 41.6 Å². The fourth-order valence-electron chi connectivity index (χ4n) is 0.415. The van der Waals surface area contributed by atoms with Crippen molar-refractivity contribution in [1.82, 2.24) is 0 Å². The first-order chi connectivity index (χ1) is 5.13. The number of halogens is 1. The molecular formula is C7H12BrO3P. The molecule has 0 spiro atoms. The summed E-state index contributed by atoms with van der Waals surface area (Å²) in [6.45, 7) is 0. The van der Waals surface area contributed by atoms with Crippen LogP contribution in [0.5, 0.6) is 0 Å². The van der Waals surface area contributed by atoms with Crippen LogP contribution in [0.4, 0.5) is 0 Å². The zero-order valence-corrected chi connectivity index (χ0v) is 8.15. The minimum Gasteiger partial charge on any atom is -0.326 e. The second-order valence-corrected chi connectivity index (χ2v) is 3.06. The van der Waals surface area contributed by atoms with E-state index in [0.29, 0.717) is 0 Å². The predicted octanol–water partition coefficient (Wildman–Crippen LogP) is 2.45. The molecule has 0 heterocycles. The largest absolute Gasteiger partial charge is 0.326 e. The molecule has 3 nitrogen and oxygen atoms in total. The number of hydrogen-bond acceptors (Lipinski definition) is 1. The van der Waals surface area contributed by atoms with Gasteiger partial charge in [0.25, 0.3) is 0 Å². The number of benzene rings is 1. The Balaban J connectivity index is 0. The Hall–Kier alpha value is -0.150. The van der Waals surface area contributed by atoms with Gasteiger partial charge in [-0.25, -0.2) is 0 Å². The Morgan fingerprint density at radius 1 is 1.17 bits per heavy atom. The first kappa shape index (κ1) is 14.4. The van der Waals surface area contributed by atoms with Gasteiger partial charge in [0.05, 0.1) is 0 Å². The maximum absolute atomic E-state index is 8.74. The Kier molecular flexibility index (Phi) is 10.7. The summed E-state index contributed by atoms with van der Waals surface area (Å²) in [5.74, 6) is 0. The van der Waals surface area contributed by atoms with E-state index in [9.17, 15) is 0 Å². The minimum absolute atomic E-state index is 0. The third-order valence-corrected chi connectivity index (χ3v) is 1.26. The minimum atomic E-state index is -3.13. The molecule has 1 aromatic carbocycles. The van der Waals surface area contributed by atoms with Crippen LogP contribution in [0.1, 0.15) is 7.43 Å². The molecule has 0 aliphatic rings. The predicted molar refractivity (Wildman–Crippen MR) is 54.3 cm³/mol. The summed E-state index contributed by atoms with van der Waals surface area (Å²) < 4.78 is 9.88. The van der Waals surface area contributed by atoms with Crippen LogP contribution in [-0.2, 0) is 4.57 Å². The summed E-state index contributed by atoms with van der Waals surface area (Å²) in [7, 11) is -3.13. The molecule has 1 aromatic rings. The van der Waals surface area contributed by atoms with Crippen LogP contribution in [0.25, 0.3) is 0 Å². The van der Waals surface area contributed by atoms with Crippen molar-refractivity contribution in [2.45, 2.75) is 7.43 Å². The van der Waals surface area contributed by atoms with Gasteiger partial charge in [-0.15, -0.1) is 0 Å². The molecule has 5 heteroatoms. The normalized spacial score (nSPS) is 8.00. The van der Waals surface area contributed by atoms with Gasteiger partial charge in [0.1, 0.15) is 0 Å². The lowest BCUT2D eigenvalue weighted by atomic mass is 10.4. The molecule has 0 aliphatic heterocycles. The molecule has 0 radical (unpaired) electrons. The van der Waals surface area contributed by atoms with E-state index < -0.39 is 8.25 Å². The second kappa shape index (κ2) is 8.94. The van der Waals surface area contributed by atoms with Gasteiger partial charge >= 0.3 is 8.25 Å². The first-order valence-corrected chi connectivity index (χ1v) is 4.85. The molecule has 0 bridgehead atoms. The molecule has 0 fully saturated rings. The summed E-state index contributed by atoms with van der Waals surface area (Å²) in [6, 6.07) is 9.97. The first-order valence-electron chi connectivity index (χ1n) is 2.75. The van der Waals surface area contributed by atoms with E-state index in [1.54, 1.807) is 0 Å². The average Bonchev–Trinajstić information content (AvgIpc) is 1.87. The average molecular weight is 255 g/mol. The smallest absolute Gasteiger partial charge is 0.314 e. The Labute approximate surface area is 81.1 Å². The van der Waals surface area contributed by atoms with Crippen LogP contribution in [0.2, 0.25) is 0 Å². The lowest BCUT2D eigenvalue weighted by Gasteiger charge is -1.80. The third-order valence-electron chi connectivity index (χ3n) is 0.733. The van der Waals surface area contributed by atoms with Crippen LogP contribution >= 0.6 is 24.2 Å². The van der Waals surface area contributed by atoms with E-state index in [0.717, 1.165) is 4.47 Å². The fourth-order valence-corrected chi connectivity index (χ4v) is 0.720. The second-order valence-electron chi connectivity index (χ2n) is 1.58. The highest BCUT2D eigenvalue weighted by Crippen LogP contribution is 2.05. The van der Waals surface area contributed by atoms with Crippen LogP contribution in [-0.4, -0.2) is 9.79 Å². The lowest BCUT2D eigenvalue weighted by Crippen LogP contribution is -1.55. The highest BCUT2D eigenvalue weighted by Gasteiger charge is 1.74. The summed E-state index contributed by atoms with van der Waals surface area (Å²) in [4.78, 5) is 14.3. The van der Waals surface area contributed by atoms with Gasteiger partial charge in [-0.3, -0.25) is 4.57 Å². The van der Waals surface area contributed by atoms with Gasteiger partial charge in [0.2, 0.25) is 0 Å². The third kappa shape index (κ3) is 12.5. The molecule has 0 unspecified atom stereocenters. The van der Waals surface area contributed by atoms with E-state index in [2.05, 4.69) is 15.9 Å². The molecule has 0 saturated carbocycles. The van der Waals surface area contributed by atoms with Crippen molar-refractivity contribution >= 4 is 24.2 Å². The molecular weight excluding hydrogens is 243 g/mol. The molecule has 0 aliphatic carbocycles. The lowest BCUT2D eigenvalue weighted by molar-refractivity contribution is 0.405. The van der Waals surface area contributed by atoms with Crippen molar-refractivity contribution in [3.05, 3.63) is 34.8 Å². The van der Waals surface area contributed by atoms with E-state index in [-0.39, 0.29) is 7.43 Å². The SMILES string of the molecule is Brc1ccccc1.C.O=[PH](O)O. The highest BCUT2D eigenvalue weighted by molar-refractivity contribution is 9.10. The molecule has 12 heavy (non-hydrogen) atoms. The zero-order chi connectivity index (χ0) is 8.69. The van der Waals surface area contributed by atoms with Crippen molar-refractivity contribution in [3.63, 3.8) is 0 Å². The zero-order valence-electron chi connectivity index (χ0n) is 5.57. The van der Waals surface area contributed by atoms with Crippen molar-refractivity contribution < 1.29 is 14.4 Å². The molecule has 2 N–H and O–H groups in total. The fraction of sp³-hybridized carbons (Fsp3) is 0.143. The summed E-state index contributed by atoms with van der Waals surface area (Å²) in [5.41, 5.74) is 0. The summed E-state index contributed by atoms with van der Waals surface area (Å²) in [6.07, 6.45) is 0. The van der Waals surface area contributed by atoms with Gasteiger partial charge < -0.3 is 9.79 Å². The van der Waals surface area contributed by atoms with Crippen LogP contribution in [0.15, 0.2) is 34.8 Å². The van der Waals surface area contributed by atoms with Crippen molar-refractivity contribution in [1.29, 1.82) is 0 Å². The van der Waals surface area contributed by atoms with E-state index in [1.807, 2.05) is 30.3 Å². The highest BCUT2D eigenvalue weighted by atomic mass is 79.9. The summed E-state index contributed by atoms with van der Waals surface area (Å²) in [5, 5.41) is 0.